The van der Waals surface area contributed by atoms with E-state index < -0.39 is 7.60 Å². The Kier molecular flexibility index (Phi) is 7.98. The topological polar surface area (TPSA) is 70.4 Å². The molecular formula is C25H30NO3P. The van der Waals surface area contributed by atoms with Crippen LogP contribution in [0.5, 0.6) is 0 Å². The van der Waals surface area contributed by atoms with E-state index in [1.54, 1.807) is 0 Å². The van der Waals surface area contributed by atoms with E-state index in [2.05, 4.69) is 55.5 Å². The molecular weight excluding hydrogens is 393 g/mol. The van der Waals surface area contributed by atoms with E-state index in [4.69, 9.17) is 14.8 Å². The number of hydrogen-bond donors (Lipinski definition) is 2. The number of pyridine rings is 1. The Balaban J connectivity index is 1.80. The molecule has 3 rings (SSSR count). The standard InChI is InChI=1S/C25H30NO3P/c1-2-9-20-13-15-21(16-14-20)24-18-17-23(12-7-4-8-19-30(27,28)29)26-25(24)22-10-5-3-6-11-22/h3,5-6,10-11,13-18H,2,4,7-9,12,19H2,1H3,(H2,27,28,29). The number of aryl methyl sites for hydroxylation is 2. The highest BCUT2D eigenvalue weighted by molar-refractivity contribution is 7.51. The summed E-state index contributed by atoms with van der Waals surface area (Å²) < 4.78 is 11.0. The summed E-state index contributed by atoms with van der Waals surface area (Å²) in [4.78, 5) is 22.9. The highest BCUT2D eigenvalue weighted by Crippen LogP contribution is 2.35. The smallest absolute Gasteiger partial charge is 0.324 e. The van der Waals surface area contributed by atoms with Crippen LogP contribution < -0.4 is 0 Å². The van der Waals surface area contributed by atoms with Gasteiger partial charge in [-0.15, -0.1) is 0 Å². The van der Waals surface area contributed by atoms with Gasteiger partial charge in [-0.2, -0.15) is 0 Å². The maximum absolute atomic E-state index is 11.0. The van der Waals surface area contributed by atoms with Crippen molar-refractivity contribution >= 4 is 7.60 Å². The van der Waals surface area contributed by atoms with Crippen molar-refractivity contribution in [2.75, 3.05) is 6.16 Å². The second-order valence-corrected chi connectivity index (χ2v) is 9.49. The summed E-state index contributed by atoms with van der Waals surface area (Å²) in [5.41, 5.74) is 6.71. The average molecular weight is 423 g/mol. The molecule has 0 atom stereocenters. The fourth-order valence-electron chi connectivity index (χ4n) is 3.63. The van der Waals surface area contributed by atoms with Crippen molar-refractivity contribution in [1.82, 2.24) is 4.98 Å². The number of unbranched alkanes of at least 4 members (excludes halogenated alkanes) is 2. The molecule has 0 aliphatic carbocycles. The van der Waals surface area contributed by atoms with Gasteiger partial charge in [-0.25, -0.2) is 0 Å². The van der Waals surface area contributed by atoms with Gasteiger partial charge < -0.3 is 9.79 Å². The Labute approximate surface area is 179 Å². The first-order chi connectivity index (χ1) is 14.5. The van der Waals surface area contributed by atoms with E-state index in [1.807, 2.05) is 18.2 Å². The molecule has 4 nitrogen and oxygen atoms in total. The first-order valence-corrected chi connectivity index (χ1v) is 12.5. The van der Waals surface area contributed by atoms with Crippen molar-refractivity contribution in [2.24, 2.45) is 0 Å². The SMILES string of the molecule is CCCc1ccc(-c2ccc(CCCCCP(=O)(O)O)nc2-c2ccccc2)cc1. The fraction of sp³-hybridized carbons (Fsp3) is 0.320. The summed E-state index contributed by atoms with van der Waals surface area (Å²) in [7, 11) is -3.89. The Morgan fingerprint density at radius 2 is 1.53 bits per heavy atom. The molecule has 0 aliphatic rings. The average Bonchev–Trinajstić information content (AvgIpc) is 2.74. The molecule has 0 fully saturated rings. The zero-order valence-corrected chi connectivity index (χ0v) is 18.4. The molecule has 0 bridgehead atoms. The molecule has 0 amide bonds. The van der Waals surface area contributed by atoms with Crippen molar-refractivity contribution in [3.05, 3.63) is 78.0 Å². The van der Waals surface area contributed by atoms with Crippen molar-refractivity contribution in [2.45, 2.75) is 45.4 Å². The summed E-state index contributed by atoms with van der Waals surface area (Å²) in [6.07, 6.45) is 5.18. The van der Waals surface area contributed by atoms with Gasteiger partial charge in [0.1, 0.15) is 0 Å². The predicted molar refractivity (Wildman–Crippen MR) is 124 cm³/mol. The Morgan fingerprint density at radius 3 is 2.20 bits per heavy atom. The molecule has 0 saturated heterocycles. The minimum Gasteiger partial charge on any atom is -0.324 e. The third-order valence-corrected chi connectivity index (χ3v) is 6.08. The molecule has 5 heteroatoms. The van der Waals surface area contributed by atoms with E-state index >= 15 is 0 Å². The summed E-state index contributed by atoms with van der Waals surface area (Å²) >= 11 is 0. The molecule has 2 aromatic carbocycles. The van der Waals surface area contributed by atoms with Crippen LogP contribution in [0, 0.1) is 0 Å². The number of benzene rings is 2. The van der Waals surface area contributed by atoms with Crippen LogP contribution in [0.4, 0.5) is 0 Å². The molecule has 1 heterocycles. The van der Waals surface area contributed by atoms with Gasteiger partial charge in [0.05, 0.1) is 5.69 Å². The predicted octanol–water partition coefficient (Wildman–Crippen LogP) is 6.26. The lowest BCUT2D eigenvalue weighted by molar-refractivity contribution is 0.371. The van der Waals surface area contributed by atoms with Crippen LogP contribution in [0.15, 0.2) is 66.7 Å². The summed E-state index contributed by atoms with van der Waals surface area (Å²) in [6.45, 7) is 2.19. The van der Waals surface area contributed by atoms with Crippen molar-refractivity contribution in [3.63, 3.8) is 0 Å². The van der Waals surface area contributed by atoms with E-state index in [1.165, 1.54) is 5.56 Å². The van der Waals surface area contributed by atoms with Gasteiger partial charge in [-0.05, 0) is 42.9 Å². The summed E-state index contributed by atoms with van der Waals surface area (Å²) in [6, 6.07) is 23.2. The molecule has 0 radical (unpaired) electrons. The van der Waals surface area contributed by atoms with E-state index in [9.17, 15) is 4.57 Å². The zero-order valence-electron chi connectivity index (χ0n) is 17.5. The quantitative estimate of drug-likeness (QED) is 0.298. The molecule has 1 aromatic heterocycles. The first kappa shape index (κ1) is 22.4. The van der Waals surface area contributed by atoms with Crippen molar-refractivity contribution in [3.8, 4) is 22.4 Å². The first-order valence-electron chi connectivity index (χ1n) is 10.7. The van der Waals surface area contributed by atoms with Gasteiger partial charge in [-0.3, -0.25) is 9.55 Å². The van der Waals surface area contributed by atoms with Gasteiger partial charge >= 0.3 is 7.60 Å². The van der Waals surface area contributed by atoms with E-state index in [-0.39, 0.29) is 6.16 Å². The number of nitrogens with zero attached hydrogens (tertiary/aromatic N) is 1. The molecule has 2 N–H and O–H groups in total. The maximum atomic E-state index is 11.0. The molecule has 0 unspecified atom stereocenters. The second kappa shape index (κ2) is 10.7. The van der Waals surface area contributed by atoms with E-state index in [0.717, 1.165) is 60.2 Å². The molecule has 0 saturated carbocycles. The van der Waals surface area contributed by atoms with Crippen molar-refractivity contribution < 1.29 is 14.4 Å². The van der Waals surface area contributed by atoms with Crippen LogP contribution in [-0.2, 0) is 17.4 Å². The largest absolute Gasteiger partial charge is 0.325 e. The van der Waals surface area contributed by atoms with Crippen LogP contribution in [0.25, 0.3) is 22.4 Å². The normalized spacial score (nSPS) is 11.6. The highest BCUT2D eigenvalue weighted by Gasteiger charge is 2.13. The maximum Gasteiger partial charge on any atom is 0.325 e. The van der Waals surface area contributed by atoms with Gasteiger partial charge in [0.25, 0.3) is 0 Å². The lowest BCUT2D eigenvalue weighted by Crippen LogP contribution is -1.97. The molecule has 158 valence electrons. The monoisotopic (exact) mass is 423 g/mol. The molecule has 0 spiro atoms. The molecule has 0 aliphatic heterocycles. The van der Waals surface area contributed by atoms with Gasteiger partial charge in [-0.1, -0.05) is 80.4 Å². The number of aromatic nitrogens is 1. The second-order valence-electron chi connectivity index (χ2n) is 7.71. The minimum atomic E-state index is -3.89. The zero-order chi connectivity index (χ0) is 21.4. The lowest BCUT2D eigenvalue weighted by atomic mass is 9.97. The highest BCUT2D eigenvalue weighted by atomic mass is 31.2. The lowest BCUT2D eigenvalue weighted by Gasteiger charge is -2.12. The Hall–Kier alpha value is -2.26. The Bertz CT molecular complexity index is 981. The third-order valence-electron chi connectivity index (χ3n) is 5.19. The molecule has 3 aromatic rings. The van der Waals surface area contributed by atoms with Gasteiger partial charge in [0.15, 0.2) is 0 Å². The van der Waals surface area contributed by atoms with Crippen LogP contribution >= 0.6 is 7.60 Å². The number of rotatable bonds is 10. The van der Waals surface area contributed by atoms with Crippen LogP contribution in [-0.4, -0.2) is 20.9 Å². The van der Waals surface area contributed by atoms with Gasteiger partial charge in [0, 0.05) is 23.0 Å². The summed E-state index contributed by atoms with van der Waals surface area (Å²) in [5.74, 6) is 0. The fourth-order valence-corrected chi connectivity index (χ4v) is 4.26. The number of hydrogen-bond acceptors (Lipinski definition) is 2. The minimum absolute atomic E-state index is 0.0390. The van der Waals surface area contributed by atoms with Crippen LogP contribution in [0.3, 0.4) is 0 Å². The Morgan fingerprint density at radius 1 is 0.800 bits per heavy atom. The van der Waals surface area contributed by atoms with Crippen molar-refractivity contribution in [1.29, 1.82) is 0 Å². The van der Waals surface area contributed by atoms with Crippen LogP contribution in [0.2, 0.25) is 0 Å². The van der Waals surface area contributed by atoms with E-state index in [0.29, 0.717) is 6.42 Å². The van der Waals surface area contributed by atoms with Gasteiger partial charge in [0.2, 0.25) is 0 Å². The third kappa shape index (κ3) is 6.63. The summed E-state index contributed by atoms with van der Waals surface area (Å²) in [5, 5.41) is 0. The van der Waals surface area contributed by atoms with Crippen LogP contribution in [0.1, 0.15) is 43.9 Å². The molecule has 30 heavy (non-hydrogen) atoms.